The van der Waals surface area contributed by atoms with Crippen molar-refractivity contribution in [3.63, 3.8) is 0 Å². The SMILES string of the molecule is CCC(NC1CCN(S(=O)(=O)c2ccc(CNC(=O)c3ccccc3)s2)CC1)c1ccc(C(F)(F)F)cc1. The molecule has 204 valence electrons. The van der Waals surface area contributed by atoms with E-state index in [0.717, 1.165) is 33.9 Å². The number of hydrogen-bond donors (Lipinski definition) is 2. The van der Waals surface area contributed by atoms with E-state index < -0.39 is 21.8 Å². The van der Waals surface area contributed by atoms with E-state index in [1.165, 1.54) is 16.4 Å². The minimum atomic E-state index is -4.37. The van der Waals surface area contributed by atoms with Gasteiger partial charge in [0.15, 0.2) is 0 Å². The van der Waals surface area contributed by atoms with Gasteiger partial charge in [-0.3, -0.25) is 4.79 Å². The average Bonchev–Trinajstić information content (AvgIpc) is 3.41. The van der Waals surface area contributed by atoms with Crippen LogP contribution in [0.2, 0.25) is 0 Å². The fourth-order valence-electron chi connectivity index (χ4n) is 4.48. The van der Waals surface area contributed by atoms with E-state index in [9.17, 15) is 26.4 Å². The molecule has 0 bridgehead atoms. The first-order valence-electron chi connectivity index (χ1n) is 12.4. The van der Waals surface area contributed by atoms with Crippen LogP contribution < -0.4 is 10.6 Å². The van der Waals surface area contributed by atoms with Crippen LogP contribution in [0.5, 0.6) is 0 Å². The monoisotopic (exact) mass is 565 g/mol. The molecule has 1 aliphatic heterocycles. The van der Waals surface area contributed by atoms with Crippen LogP contribution >= 0.6 is 11.3 Å². The highest BCUT2D eigenvalue weighted by Crippen LogP contribution is 2.31. The summed E-state index contributed by atoms with van der Waals surface area (Å²) in [6.07, 6.45) is -2.47. The molecule has 2 N–H and O–H groups in total. The van der Waals surface area contributed by atoms with Gasteiger partial charge < -0.3 is 10.6 Å². The average molecular weight is 566 g/mol. The molecule has 0 spiro atoms. The van der Waals surface area contributed by atoms with Gasteiger partial charge in [0.2, 0.25) is 0 Å². The fraction of sp³-hybridized carbons (Fsp3) is 0.370. The zero-order valence-electron chi connectivity index (χ0n) is 20.9. The lowest BCUT2D eigenvalue weighted by molar-refractivity contribution is -0.137. The topological polar surface area (TPSA) is 78.5 Å². The Kier molecular flexibility index (Phi) is 8.92. The summed E-state index contributed by atoms with van der Waals surface area (Å²) >= 11 is 1.15. The minimum Gasteiger partial charge on any atom is -0.347 e. The Morgan fingerprint density at radius 2 is 1.68 bits per heavy atom. The summed E-state index contributed by atoms with van der Waals surface area (Å²) in [6, 6.07) is 17.2. The molecular formula is C27H30F3N3O3S2. The molecule has 2 heterocycles. The van der Waals surface area contributed by atoms with Crippen LogP contribution in [0, 0.1) is 0 Å². The van der Waals surface area contributed by atoms with Crippen molar-refractivity contribution in [2.45, 2.75) is 55.2 Å². The first-order valence-corrected chi connectivity index (χ1v) is 14.7. The molecule has 1 amide bonds. The molecular weight excluding hydrogens is 535 g/mol. The summed E-state index contributed by atoms with van der Waals surface area (Å²) in [5, 5.41) is 6.31. The third kappa shape index (κ3) is 6.82. The number of sulfonamides is 1. The van der Waals surface area contributed by atoms with Gasteiger partial charge in [-0.1, -0.05) is 37.3 Å². The standard InChI is InChI=1S/C27H30F3N3O3S2/c1-2-24(19-8-10-21(11-9-19)27(28,29)30)32-22-14-16-33(17-15-22)38(35,36)25-13-12-23(37-25)18-31-26(34)20-6-4-3-5-7-20/h3-13,22,24,32H,2,14-18H2,1H3,(H,31,34). The summed E-state index contributed by atoms with van der Waals surface area (Å²) in [5.41, 5.74) is 0.642. The summed E-state index contributed by atoms with van der Waals surface area (Å²) in [5.74, 6) is -0.223. The lowest BCUT2D eigenvalue weighted by Gasteiger charge is -2.33. The molecule has 11 heteroatoms. The molecule has 1 saturated heterocycles. The van der Waals surface area contributed by atoms with Gasteiger partial charge in [-0.05, 0) is 61.2 Å². The second-order valence-electron chi connectivity index (χ2n) is 9.20. The second kappa shape index (κ2) is 12.0. The molecule has 1 atom stereocenters. The number of carbonyl (C=O) groups excluding carboxylic acids is 1. The molecule has 6 nitrogen and oxygen atoms in total. The minimum absolute atomic E-state index is 0.0563. The number of rotatable bonds is 9. The van der Waals surface area contributed by atoms with Gasteiger partial charge in [-0.25, -0.2) is 8.42 Å². The third-order valence-electron chi connectivity index (χ3n) is 6.63. The van der Waals surface area contributed by atoms with Crippen molar-refractivity contribution >= 4 is 27.3 Å². The zero-order valence-corrected chi connectivity index (χ0v) is 22.5. The molecule has 38 heavy (non-hydrogen) atoms. The second-order valence-corrected chi connectivity index (χ2v) is 12.5. The number of hydrogen-bond acceptors (Lipinski definition) is 5. The smallest absolute Gasteiger partial charge is 0.347 e. The highest BCUT2D eigenvalue weighted by molar-refractivity contribution is 7.91. The van der Waals surface area contributed by atoms with Crippen molar-refractivity contribution in [3.05, 3.63) is 88.3 Å². The number of carbonyl (C=O) groups is 1. The summed E-state index contributed by atoms with van der Waals surface area (Å²) < 4.78 is 66.8. The molecule has 1 aromatic heterocycles. The van der Waals surface area contributed by atoms with Crippen molar-refractivity contribution in [2.24, 2.45) is 0 Å². The van der Waals surface area contributed by atoms with Gasteiger partial charge in [0, 0.05) is 35.6 Å². The van der Waals surface area contributed by atoms with Crippen molar-refractivity contribution < 1.29 is 26.4 Å². The Bertz CT molecular complexity index is 1320. The van der Waals surface area contributed by atoms with Crippen LogP contribution in [0.1, 0.15) is 58.6 Å². The zero-order chi connectivity index (χ0) is 27.3. The van der Waals surface area contributed by atoms with Crippen LogP contribution in [0.4, 0.5) is 13.2 Å². The van der Waals surface area contributed by atoms with Crippen molar-refractivity contribution in [1.82, 2.24) is 14.9 Å². The normalized spacial score (nSPS) is 16.3. The van der Waals surface area contributed by atoms with Crippen LogP contribution in [0.3, 0.4) is 0 Å². The summed E-state index contributed by atoms with van der Waals surface area (Å²) in [4.78, 5) is 13.0. The Morgan fingerprint density at radius 3 is 2.29 bits per heavy atom. The van der Waals surface area contributed by atoms with Gasteiger partial charge >= 0.3 is 6.18 Å². The lowest BCUT2D eigenvalue weighted by Crippen LogP contribution is -2.45. The fourth-order valence-corrected chi connectivity index (χ4v) is 7.40. The summed E-state index contributed by atoms with van der Waals surface area (Å²) in [6.45, 7) is 2.90. The molecule has 0 radical (unpaired) electrons. The van der Waals surface area contributed by atoms with Crippen LogP contribution in [0.15, 0.2) is 70.9 Å². The van der Waals surface area contributed by atoms with Crippen molar-refractivity contribution in [2.75, 3.05) is 13.1 Å². The maximum Gasteiger partial charge on any atom is 0.416 e. The predicted octanol–water partition coefficient (Wildman–Crippen LogP) is 5.59. The van der Waals surface area contributed by atoms with Crippen molar-refractivity contribution in [3.8, 4) is 0 Å². The highest BCUT2D eigenvalue weighted by atomic mass is 32.2. The lowest BCUT2D eigenvalue weighted by atomic mass is 9.99. The highest BCUT2D eigenvalue weighted by Gasteiger charge is 2.32. The Balaban J connectivity index is 1.31. The number of alkyl halides is 3. The molecule has 3 aromatic rings. The van der Waals surface area contributed by atoms with Crippen LogP contribution in [-0.2, 0) is 22.7 Å². The number of amides is 1. The molecule has 1 unspecified atom stereocenters. The molecule has 4 rings (SSSR count). The number of nitrogens with zero attached hydrogens (tertiary/aromatic N) is 1. The van der Waals surface area contributed by atoms with Crippen molar-refractivity contribution in [1.29, 1.82) is 0 Å². The third-order valence-corrected chi connectivity index (χ3v) is 10.1. The van der Waals surface area contributed by atoms with Gasteiger partial charge in [0.1, 0.15) is 4.21 Å². The number of halogens is 3. The van der Waals surface area contributed by atoms with E-state index in [2.05, 4.69) is 10.6 Å². The molecule has 0 saturated carbocycles. The molecule has 2 aromatic carbocycles. The van der Waals surface area contributed by atoms with Crippen LogP contribution in [-0.4, -0.2) is 37.8 Å². The first-order chi connectivity index (χ1) is 18.1. The Hall–Kier alpha value is -2.73. The van der Waals surface area contributed by atoms with E-state index in [1.54, 1.807) is 36.4 Å². The molecule has 1 fully saturated rings. The largest absolute Gasteiger partial charge is 0.416 e. The first kappa shape index (κ1) is 28.3. The quantitative estimate of drug-likeness (QED) is 0.355. The number of piperidine rings is 1. The number of benzene rings is 2. The Morgan fingerprint density at radius 1 is 1.03 bits per heavy atom. The number of nitrogens with one attached hydrogen (secondary N) is 2. The summed E-state index contributed by atoms with van der Waals surface area (Å²) in [7, 11) is -3.66. The molecule has 1 aliphatic rings. The molecule has 0 aliphatic carbocycles. The van der Waals surface area contributed by atoms with E-state index >= 15 is 0 Å². The maximum absolute atomic E-state index is 13.2. The van der Waals surface area contributed by atoms with E-state index in [-0.39, 0.29) is 28.7 Å². The van der Waals surface area contributed by atoms with E-state index in [4.69, 9.17) is 0 Å². The van der Waals surface area contributed by atoms with E-state index in [0.29, 0.717) is 37.9 Å². The number of thiophene rings is 1. The van der Waals surface area contributed by atoms with Crippen LogP contribution in [0.25, 0.3) is 0 Å². The Labute approximate surface area is 224 Å². The maximum atomic E-state index is 13.2. The van der Waals surface area contributed by atoms with Gasteiger partial charge in [-0.15, -0.1) is 11.3 Å². The van der Waals surface area contributed by atoms with Gasteiger partial charge in [0.05, 0.1) is 12.1 Å². The predicted molar refractivity (Wildman–Crippen MR) is 141 cm³/mol. The van der Waals surface area contributed by atoms with Gasteiger partial charge in [-0.2, -0.15) is 17.5 Å². The van der Waals surface area contributed by atoms with E-state index in [1.807, 2.05) is 13.0 Å². The van der Waals surface area contributed by atoms with Gasteiger partial charge in [0.25, 0.3) is 15.9 Å².